The van der Waals surface area contributed by atoms with E-state index in [0.29, 0.717) is 10.0 Å². The summed E-state index contributed by atoms with van der Waals surface area (Å²) in [5.74, 6) is -0.720. The second-order valence-electron chi connectivity index (χ2n) is 3.64. The van der Waals surface area contributed by atoms with Gasteiger partial charge in [-0.15, -0.1) is 0 Å². The highest BCUT2D eigenvalue weighted by molar-refractivity contribution is 9.10. The summed E-state index contributed by atoms with van der Waals surface area (Å²) < 4.78 is 13.5. The third-order valence-electron chi connectivity index (χ3n) is 2.28. The standard InChI is InChI=1S/C10H10BrFN2O/c11-6-1-5(2-7(12)3-6)10(15)14-9-4-8(9)13/h1-3,8-9H,4,13H2,(H,14,15). The Morgan fingerprint density at radius 2 is 2.20 bits per heavy atom. The maximum Gasteiger partial charge on any atom is 0.251 e. The maximum absolute atomic E-state index is 13.0. The Balaban J connectivity index is 2.11. The Bertz CT molecular complexity index is 390. The van der Waals surface area contributed by atoms with Gasteiger partial charge in [-0.05, 0) is 24.6 Å². The average Bonchev–Trinajstić information content (AvgIpc) is 2.79. The zero-order valence-corrected chi connectivity index (χ0v) is 9.42. The maximum atomic E-state index is 13.0. The van der Waals surface area contributed by atoms with Gasteiger partial charge in [-0.1, -0.05) is 15.9 Å². The van der Waals surface area contributed by atoms with Gasteiger partial charge in [-0.3, -0.25) is 4.79 Å². The van der Waals surface area contributed by atoms with Gasteiger partial charge in [0.25, 0.3) is 5.91 Å². The van der Waals surface area contributed by atoms with Crippen LogP contribution in [0.2, 0.25) is 0 Å². The predicted molar refractivity (Wildman–Crippen MR) is 57.9 cm³/mol. The van der Waals surface area contributed by atoms with E-state index in [-0.39, 0.29) is 18.0 Å². The van der Waals surface area contributed by atoms with Gasteiger partial charge in [0.1, 0.15) is 5.82 Å². The summed E-state index contributed by atoms with van der Waals surface area (Å²) in [6, 6.07) is 4.17. The van der Waals surface area contributed by atoms with Crippen LogP contribution in [0.25, 0.3) is 0 Å². The minimum atomic E-state index is -0.436. The van der Waals surface area contributed by atoms with Gasteiger partial charge in [0.05, 0.1) is 0 Å². The largest absolute Gasteiger partial charge is 0.348 e. The summed E-state index contributed by atoms with van der Waals surface area (Å²) in [5, 5.41) is 2.72. The van der Waals surface area contributed by atoms with E-state index in [1.807, 2.05) is 0 Å². The van der Waals surface area contributed by atoms with Crippen molar-refractivity contribution in [1.29, 1.82) is 0 Å². The zero-order valence-electron chi connectivity index (χ0n) is 7.84. The highest BCUT2D eigenvalue weighted by Gasteiger charge is 2.34. The highest BCUT2D eigenvalue weighted by Crippen LogP contribution is 2.20. The normalized spacial score (nSPS) is 23.7. The smallest absolute Gasteiger partial charge is 0.251 e. The molecule has 3 nitrogen and oxygen atoms in total. The van der Waals surface area contributed by atoms with Gasteiger partial charge in [0.2, 0.25) is 0 Å². The Kier molecular flexibility index (Phi) is 2.75. The molecule has 0 aromatic heterocycles. The van der Waals surface area contributed by atoms with Gasteiger partial charge < -0.3 is 11.1 Å². The monoisotopic (exact) mass is 272 g/mol. The van der Waals surface area contributed by atoms with Gasteiger partial charge in [-0.2, -0.15) is 0 Å². The third kappa shape index (κ3) is 2.54. The summed E-state index contributed by atoms with van der Waals surface area (Å²) in [7, 11) is 0. The van der Waals surface area contributed by atoms with Crippen LogP contribution in [0.1, 0.15) is 16.8 Å². The number of hydrogen-bond donors (Lipinski definition) is 2. The van der Waals surface area contributed by atoms with Crippen molar-refractivity contribution >= 4 is 21.8 Å². The predicted octanol–water partition coefficient (Wildman–Crippen LogP) is 1.42. The van der Waals surface area contributed by atoms with E-state index in [9.17, 15) is 9.18 Å². The van der Waals surface area contributed by atoms with Crippen LogP contribution in [-0.4, -0.2) is 18.0 Å². The van der Waals surface area contributed by atoms with Crippen molar-refractivity contribution in [3.05, 3.63) is 34.1 Å². The SMILES string of the molecule is NC1CC1NC(=O)c1cc(F)cc(Br)c1. The Hall–Kier alpha value is -0.940. The summed E-state index contributed by atoms with van der Waals surface area (Å²) in [4.78, 5) is 11.6. The van der Waals surface area contributed by atoms with Crippen LogP contribution >= 0.6 is 15.9 Å². The molecule has 2 unspecified atom stereocenters. The molecule has 2 rings (SSSR count). The van der Waals surface area contributed by atoms with Crippen molar-refractivity contribution < 1.29 is 9.18 Å². The fourth-order valence-electron chi connectivity index (χ4n) is 1.32. The van der Waals surface area contributed by atoms with Crippen molar-refractivity contribution in [2.75, 3.05) is 0 Å². The molecule has 0 saturated heterocycles. The van der Waals surface area contributed by atoms with E-state index in [4.69, 9.17) is 5.73 Å². The lowest BCUT2D eigenvalue weighted by molar-refractivity contribution is 0.0950. The van der Waals surface area contributed by atoms with Crippen molar-refractivity contribution in [1.82, 2.24) is 5.32 Å². The molecule has 3 N–H and O–H groups in total. The van der Waals surface area contributed by atoms with Crippen LogP contribution < -0.4 is 11.1 Å². The summed E-state index contributed by atoms with van der Waals surface area (Å²) >= 11 is 3.13. The van der Waals surface area contributed by atoms with Gasteiger partial charge in [-0.25, -0.2) is 4.39 Å². The van der Waals surface area contributed by atoms with E-state index in [1.54, 1.807) is 6.07 Å². The molecule has 0 bridgehead atoms. The van der Waals surface area contributed by atoms with E-state index in [2.05, 4.69) is 21.2 Å². The number of carbonyl (C=O) groups excluding carboxylic acids is 1. The quantitative estimate of drug-likeness (QED) is 0.856. The number of hydrogen-bond acceptors (Lipinski definition) is 2. The molecule has 2 atom stereocenters. The van der Waals surface area contributed by atoms with Crippen molar-refractivity contribution in [3.8, 4) is 0 Å². The number of nitrogens with two attached hydrogens (primary N) is 1. The summed E-state index contributed by atoms with van der Waals surface area (Å²) in [6.07, 6.45) is 0.794. The topological polar surface area (TPSA) is 55.1 Å². The summed E-state index contributed by atoms with van der Waals surface area (Å²) in [6.45, 7) is 0. The Morgan fingerprint density at radius 1 is 1.53 bits per heavy atom. The average molecular weight is 273 g/mol. The van der Waals surface area contributed by atoms with Crippen LogP contribution in [0.4, 0.5) is 4.39 Å². The molecule has 0 aliphatic heterocycles. The van der Waals surface area contributed by atoms with Gasteiger partial charge in [0.15, 0.2) is 0 Å². The second kappa shape index (κ2) is 3.90. The van der Waals surface area contributed by atoms with Crippen molar-refractivity contribution in [3.63, 3.8) is 0 Å². The molecule has 1 saturated carbocycles. The molecule has 1 amide bonds. The number of amides is 1. The lowest BCUT2D eigenvalue weighted by Crippen LogP contribution is -2.29. The van der Waals surface area contributed by atoms with E-state index < -0.39 is 5.82 Å². The molecule has 0 heterocycles. The van der Waals surface area contributed by atoms with Gasteiger partial charge in [0, 0.05) is 22.1 Å². The van der Waals surface area contributed by atoms with Crippen LogP contribution in [0.15, 0.2) is 22.7 Å². The van der Waals surface area contributed by atoms with Crippen LogP contribution in [0, 0.1) is 5.82 Å². The van der Waals surface area contributed by atoms with Gasteiger partial charge >= 0.3 is 0 Å². The molecule has 1 aromatic rings. The molecule has 15 heavy (non-hydrogen) atoms. The van der Waals surface area contributed by atoms with E-state index in [0.717, 1.165) is 6.42 Å². The first kappa shape index (κ1) is 10.6. The molecule has 1 aliphatic rings. The lowest BCUT2D eigenvalue weighted by Gasteiger charge is -2.04. The van der Waals surface area contributed by atoms with Crippen molar-refractivity contribution in [2.24, 2.45) is 5.73 Å². The zero-order chi connectivity index (χ0) is 11.0. The molecular formula is C10H10BrFN2O. The van der Waals surface area contributed by atoms with E-state index in [1.165, 1.54) is 12.1 Å². The third-order valence-corrected chi connectivity index (χ3v) is 2.74. The van der Waals surface area contributed by atoms with Crippen LogP contribution in [-0.2, 0) is 0 Å². The lowest BCUT2D eigenvalue weighted by atomic mass is 10.2. The molecular weight excluding hydrogens is 263 g/mol. The number of rotatable bonds is 2. The fourth-order valence-corrected chi connectivity index (χ4v) is 1.78. The van der Waals surface area contributed by atoms with Crippen LogP contribution in [0.3, 0.4) is 0 Å². The number of halogens is 2. The molecule has 1 aromatic carbocycles. The minimum absolute atomic E-state index is 0.0412. The fraction of sp³-hybridized carbons (Fsp3) is 0.300. The first-order chi connectivity index (χ1) is 7.06. The Morgan fingerprint density at radius 3 is 2.73 bits per heavy atom. The summed E-state index contributed by atoms with van der Waals surface area (Å²) in [5.41, 5.74) is 5.86. The molecule has 0 radical (unpaired) electrons. The minimum Gasteiger partial charge on any atom is -0.348 e. The second-order valence-corrected chi connectivity index (χ2v) is 4.55. The first-order valence-electron chi connectivity index (χ1n) is 4.59. The number of nitrogens with one attached hydrogen (secondary N) is 1. The van der Waals surface area contributed by atoms with Crippen LogP contribution in [0.5, 0.6) is 0 Å². The molecule has 0 spiro atoms. The molecule has 5 heteroatoms. The Labute approximate surface area is 95.0 Å². The molecule has 1 aliphatic carbocycles. The van der Waals surface area contributed by atoms with E-state index >= 15 is 0 Å². The molecule has 1 fully saturated rings. The molecule has 80 valence electrons. The highest BCUT2D eigenvalue weighted by atomic mass is 79.9. The number of carbonyl (C=O) groups is 1. The first-order valence-corrected chi connectivity index (χ1v) is 5.38. The number of benzene rings is 1. The van der Waals surface area contributed by atoms with Crippen molar-refractivity contribution in [2.45, 2.75) is 18.5 Å².